The molecule has 2 atom stereocenters. The van der Waals surface area contributed by atoms with Crippen molar-refractivity contribution in [3.05, 3.63) is 12.2 Å². The predicted molar refractivity (Wildman–Crippen MR) is 56.2 cm³/mol. The van der Waals surface area contributed by atoms with E-state index in [4.69, 9.17) is 4.84 Å². The number of amidine groups is 1. The van der Waals surface area contributed by atoms with Crippen molar-refractivity contribution in [3.8, 4) is 0 Å². The Morgan fingerprint density at radius 2 is 2.21 bits per heavy atom. The molecule has 0 aromatic carbocycles. The van der Waals surface area contributed by atoms with Crippen molar-refractivity contribution >= 4 is 5.84 Å². The van der Waals surface area contributed by atoms with Gasteiger partial charge < -0.3 is 14.6 Å². The Morgan fingerprint density at radius 1 is 1.43 bits per heavy atom. The van der Waals surface area contributed by atoms with Crippen LogP contribution in [-0.4, -0.2) is 55.0 Å². The molecule has 0 aromatic rings. The summed E-state index contributed by atoms with van der Waals surface area (Å²) in [5, 5.41) is 4.11. The van der Waals surface area contributed by atoms with Gasteiger partial charge in [-0.25, -0.2) is 0 Å². The molecule has 2 unspecified atom stereocenters. The van der Waals surface area contributed by atoms with E-state index in [1.165, 1.54) is 0 Å². The maximum atomic E-state index is 5.46. The summed E-state index contributed by atoms with van der Waals surface area (Å²) < 4.78 is 0. The zero-order valence-electron chi connectivity index (χ0n) is 8.97. The van der Waals surface area contributed by atoms with Gasteiger partial charge in [-0.05, 0) is 20.0 Å². The number of hydrogen-bond acceptors (Lipinski definition) is 4. The average molecular weight is 195 g/mol. The minimum absolute atomic E-state index is 0.235. The van der Waals surface area contributed by atoms with Crippen LogP contribution >= 0.6 is 0 Å². The van der Waals surface area contributed by atoms with Crippen molar-refractivity contribution in [2.45, 2.75) is 19.1 Å². The lowest BCUT2D eigenvalue weighted by Gasteiger charge is -2.32. The molecule has 78 valence electrons. The minimum atomic E-state index is 0.235. The standard InChI is InChI=1S/C10H17N3O/c1-4-5-10-11-14-9-7-12(2)6-8(9)13(10)3/h4-5,8-9H,6-7H2,1-3H3/b5-4+. The Labute approximate surface area is 84.8 Å². The fourth-order valence-electron chi connectivity index (χ4n) is 2.07. The predicted octanol–water partition coefficient (Wildman–Crippen LogP) is 0.521. The second-order valence-corrected chi connectivity index (χ2v) is 3.99. The molecule has 2 aliphatic heterocycles. The smallest absolute Gasteiger partial charge is 0.167 e. The van der Waals surface area contributed by atoms with Crippen molar-refractivity contribution in [1.29, 1.82) is 0 Å². The van der Waals surface area contributed by atoms with Crippen molar-refractivity contribution in [3.63, 3.8) is 0 Å². The fourth-order valence-corrected chi connectivity index (χ4v) is 2.07. The van der Waals surface area contributed by atoms with Crippen LogP contribution in [0, 0.1) is 0 Å². The van der Waals surface area contributed by atoms with E-state index in [1.54, 1.807) is 0 Å². The summed E-state index contributed by atoms with van der Waals surface area (Å²) in [6.07, 6.45) is 4.20. The molecule has 0 N–H and O–H groups in total. The Balaban J connectivity index is 2.14. The molecule has 2 heterocycles. The summed E-state index contributed by atoms with van der Waals surface area (Å²) in [6, 6.07) is 0.448. The number of nitrogens with zero attached hydrogens (tertiary/aromatic N) is 3. The Bertz CT molecular complexity index is 275. The first-order chi connectivity index (χ1) is 6.72. The first-order valence-electron chi connectivity index (χ1n) is 5.00. The van der Waals surface area contributed by atoms with E-state index in [-0.39, 0.29) is 6.10 Å². The van der Waals surface area contributed by atoms with Crippen LogP contribution in [0.1, 0.15) is 6.92 Å². The molecule has 4 nitrogen and oxygen atoms in total. The third-order valence-corrected chi connectivity index (χ3v) is 2.88. The highest BCUT2D eigenvalue weighted by molar-refractivity contribution is 5.92. The van der Waals surface area contributed by atoms with Crippen molar-refractivity contribution in [1.82, 2.24) is 9.80 Å². The van der Waals surface area contributed by atoms with Crippen molar-refractivity contribution in [2.24, 2.45) is 5.16 Å². The zero-order valence-corrected chi connectivity index (χ0v) is 8.97. The highest BCUT2D eigenvalue weighted by Crippen LogP contribution is 2.21. The maximum absolute atomic E-state index is 5.46. The third-order valence-electron chi connectivity index (χ3n) is 2.88. The van der Waals surface area contributed by atoms with E-state index in [1.807, 2.05) is 19.1 Å². The van der Waals surface area contributed by atoms with Crippen LogP contribution in [-0.2, 0) is 4.84 Å². The van der Waals surface area contributed by atoms with E-state index in [0.717, 1.165) is 18.9 Å². The summed E-state index contributed by atoms with van der Waals surface area (Å²) in [5.74, 6) is 0.920. The van der Waals surface area contributed by atoms with E-state index >= 15 is 0 Å². The van der Waals surface area contributed by atoms with Gasteiger partial charge in [0.2, 0.25) is 0 Å². The highest BCUT2D eigenvalue weighted by atomic mass is 16.6. The number of allylic oxidation sites excluding steroid dienone is 1. The minimum Gasteiger partial charge on any atom is -0.387 e. The Kier molecular flexibility index (Phi) is 2.46. The topological polar surface area (TPSA) is 28.1 Å². The number of oxime groups is 1. The summed E-state index contributed by atoms with van der Waals surface area (Å²) in [5.41, 5.74) is 0. The molecular formula is C10H17N3O. The number of likely N-dealkylation sites (tertiary alicyclic amines) is 1. The lowest BCUT2D eigenvalue weighted by Crippen LogP contribution is -2.47. The molecule has 4 heteroatoms. The number of hydrogen-bond donors (Lipinski definition) is 0. The molecule has 0 radical (unpaired) electrons. The van der Waals surface area contributed by atoms with Gasteiger partial charge in [0.15, 0.2) is 11.9 Å². The second kappa shape index (κ2) is 3.61. The van der Waals surface area contributed by atoms with Gasteiger partial charge in [0.1, 0.15) is 0 Å². The average Bonchev–Trinajstić information content (AvgIpc) is 2.52. The number of likely N-dealkylation sites (N-methyl/N-ethyl adjacent to an activating group) is 2. The van der Waals surface area contributed by atoms with Gasteiger partial charge in [-0.3, -0.25) is 0 Å². The molecule has 0 amide bonds. The van der Waals surface area contributed by atoms with Crippen LogP contribution in [0.4, 0.5) is 0 Å². The number of rotatable bonds is 1. The van der Waals surface area contributed by atoms with Crippen LogP contribution in [0.5, 0.6) is 0 Å². The molecule has 1 saturated heterocycles. The van der Waals surface area contributed by atoms with Crippen molar-refractivity contribution in [2.75, 3.05) is 27.2 Å². The lowest BCUT2D eigenvalue weighted by molar-refractivity contribution is 0.0139. The molecule has 14 heavy (non-hydrogen) atoms. The van der Waals surface area contributed by atoms with E-state index in [0.29, 0.717) is 6.04 Å². The van der Waals surface area contributed by atoms with Gasteiger partial charge in [-0.15, -0.1) is 0 Å². The van der Waals surface area contributed by atoms with Crippen LogP contribution in [0.3, 0.4) is 0 Å². The van der Waals surface area contributed by atoms with Gasteiger partial charge in [-0.1, -0.05) is 11.2 Å². The fraction of sp³-hybridized carbons (Fsp3) is 0.700. The summed E-state index contributed by atoms with van der Waals surface area (Å²) >= 11 is 0. The number of fused-ring (bicyclic) bond motifs is 1. The van der Waals surface area contributed by atoms with Gasteiger partial charge in [0, 0.05) is 20.1 Å². The van der Waals surface area contributed by atoms with Crippen LogP contribution in [0.15, 0.2) is 17.3 Å². The molecule has 0 bridgehead atoms. The van der Waals surface area contributed by atoms with Crippen LogP contribution < -0.4 is 0 Å². The normalized spacial score (nSPS) is 33.1. The summed E-state index contributed by atoms with van der Waals surface area (Å²) in [7, 11) is 4.20. The molecule has 0 spiro atoms. The van der Waals surface area contributed by atoms with Crippen LogP contribution in [0.25, 0.3) is 0 Å². The van der Waals surface area contributed by atoms with Gasteiger partial charge >= 0.3 is 0 Å². The molecule has 2 rings (SSSR count). The molecule has 0 aromatic heterocycles. The van der Waals surface area contributed by atoms with Gasteiger partial charge in [0.25, 0.3) is 0 Å². The van der Waals surface area contributed by atoms with E-state index < -0.39 is 0 Å². The Morgan fingerprint density at radius 3 is 2.93 bits per heavy atom. The van der Waals surface area contributed by atoms with Gasteiger partial charge in [-0.2, -0.15) is 0 Å². The maximum Gasteiger partial charge on any atom is 0.167 e. The monoisotopic (exact) mass is 195 g/mol. The molecule has 1 fully saturated rings. The third kappa shape index (κ3) is 1.50. The molecule has 0 saturated carbocycles. The molecule has 2 aliphatic rings. The molecule has 0 aliphatic carbocycles. The zero-order chi connectivity index (χ0) is 10.1. The van der Waals surface area contributed by atoms with E-state index in [2.05, 4.69) is 29.1 Å². The van der Waals surface area contributed by atoms with E-state index in [9.17, 15) is 0 Å². The van der Waals surface area contributed by atoms with Crippen LogP contribution in [0.2, 0.25) is 0 Å². The highest BCUT2D eigenvalue weighted by Gasteiger charge is 2.39. The first-order valence-corrected chi connectivity index (χ1v) is 5.00. The SMILES string of the molecule is C/C=C/C1=NOC2CN(C)CC2N1C. The molecular weight excluding hydrogens is 178 g/mol. The summed E-state index contributed by atoms with van der Waals surface area (Å²) in [6.45, 7) is 4.02. The summed E-state index contributed by atoms with van der Waals surface area (Å²) in [4.78, 5) is 9.94. The Hall–Kier alpha value is -1.03. The first kappa shape index (κ1) is 9.52. The lowest BCUT2D eigenvalue weighted by atomic mass is 10.2. The quantitative estimate of drug-likeness (QED) is 0.610. The second-order valence-electron chi connectivity index (χ2n) is 3.99. The largest absolute Gasteiger partial charge is 0.387 e. The van der Waals surface area contributed by atoms with Gasteiger partial charge in [0.05, 0.1) is 6.04 Å². The van der Waals surface area contributed by atoms with Crippen molar-refractivity contribution < 1.29 is 4.84 Å².